The van der Waals surface area contributed by atoms with Crippen LogP contribution in [0, 0.1) is 5.92 Å². The first-order chi connectivity index (χ1) is 16.0. The highest BCUT2D eigenvalue weighted by atomic mass is 32.2. The van der Waals surface area contributed by atoms with Crippen molar-refractivity contribution in [3.05, 3.63) is 48.5 Å². The van der Waals surface area contributed by atoms with Crippen molar-refractivity contribution in [1.82, 2.24) is 8.61 Å². The van der Waals surface area contributed by atoms with Gasteiger partial charge in [-0.05, 0) is 68.3 Å². The summed E-state index contributed by atoms with van der Waals surface area (Å²) in [6, 6.07) is 12.4. The van der Waals surface area contributed by atoms with Crippen LogP contribution >= 0.6 is 0 Å². The van der Waals surface area contributed by atoms with E-state index in [0.717, 1.165) is 4.31 Å². The molecular weight excluding hydrogens is 480 g/mol. The van der Waals surface area contributed by atoms with E-state index in [1.54, 1.807) is 24.3 Å². The van der Waals surface area contributed by atoms with Gasteiger partial charge in [0.1, 0.15) is 5.75 Å². The summed E-state index contributed by atoms with van der Waals surface area (Å²) in [7, 11) is -4.49. The smallest absolute Gasteiger partial charge is 0.281 e. The van der Waals surface area contributed by atoms with Crippen LogP contribution in [0.1, 0.15) is 19.8 Å². The van der Waals surface area contributed by atoms with Gasteiger partial charge in [0.25, 0.3) is 20.2 Å². The third kappa shape index (κ3) is 6.26. The molecule has 1 heterocycles. The first kappa shape index (κ1) is 25.9. The summed E-state index contributed by atoms with van der Waals surface area (Å²) in [5.74, 6) is -0.152. The van der Waals surface area contributed by atoms with Crippen LogP contribution in [0.25, 0.3) is 0 Å². The van der Waals surface area contributed by atoms with Gasteiger partial charge in [-0.25, -0.2) is 8.42 Å². The zero-order valence-electron chi connectivity index (χ0n) is 19.4. The molecule has 0 bridgehead atoms. The fourth-order valence-corrected chi connectivity index (χ4v) is 5.81. The number of rotatable bonds is 9. The number of nitrogens with one attached hydrogen (secondary N) is 2. The molecule has 0 unspecified atom stereocenters. The number of sulfonamides is 1. The molecule has 2 N–H and O–H groups in total. The normalized spacial score (nSPS) is 17.4. The maximum absolute atomic E-state index is 12.7. The van der Waals surface area contributed by atoms with Crippen LogP contribution in [-0.2, 0) is 25.0 Å². The second-order valence-electron chi connectivity index (χ2n) is 8.06. The molecule has 1 aliphatic rings. The SMILES string of the molecule is CCOc1ccc(NS(=O)(=O)c2ccc(NC(=O)[C@H]3CCCN(S(=O)(=O)N(C)C)C3)cc2)cc1. The first-order valence-corrected chi connectivity index (χ1v) is 13.7. The number of ether oxygens (including phenoxy) is 1. The Kier molecular flexibility index (Phi) is 8.18. The lowest BCUT2D eigenvalue weighted by Gasteiger charge is -2.32. The van der Waals surface area contributed by atoms with Crippen LogP contribution in [-0.4, -0.2) is 65.1 Å². The average molecular weight is 511 g/mol. The van der Waals surface area contributed by atoms with Gasteiger partial charge in [0.05, 0.1) is 17.4 Å². The Morgan fingerprint density at radius 2 is 1.65 bits per heavy atom. The van der Waals surface area contributed by atoms with Crippen LogP contribution < -0.4 is 14.8 Å². The van der Waals surface area contributed by atoms with Gasteiger partial charge in [-0.3, -0.25) is 9.52 Å². The van der Waals surface area contributed by atoms with E-state index in [1.807, 2.05) is 6.92 Å². The van der Waals surface area contributed by atoms with E-state index < -0.39 is 26.2 Å². The molecule has 0 aliphatic carbocycles. The Balaban J connectivity index is 1.63. The van der Waals surface area contributed by atoms with E-state index in [1.165, 1.54) is 42.7 Å². The first-order valence-electron chi connectivity index (χ1n) is 10.9. The van der Waals surface area contributed by atoms with E-state index >= 15 is 0 Å². The van der Waals surface area contributed by atoms with Crippen molar-refractivity contribution in [1.29, 1.82) is 0 Å². The van der Waals surface area contributed by atoms with Gasteiger partial charge in [0.2, 0.25) is 5.91 Å². The molecule has 34 heavy (non-hydrogen) atoms. The van der Waals surface area contributed by atoms with E-state index in [-0.39, 0.29) is 17.3 Å². The predicted octanol–water partition coefficient (Wildman–Crippen LogP) is 2.34. The number of hydrogen-bond donors (Lipinski definition) is 2. The van der Waals surface area contributed by atoms with E-state index in [0.29, 0.717) is 43.1 Å². The Hall–Kier alpha value is -2.67. The number of carbonyl (C=O) groups excluding carboxylic acids is 1. The fraction of sp³-hybridized carbons (Fsp3) is 0.409. The zero-order valence-corrected chi connectivity index (χ0v) is 21.0. The third-order valence-electron chi connectivity index (χ3n) is 5.39. The van der Waals surface area contributed by atoms with Gasteiger partial charge in [-0.2, -0.15) is 17.0 Å². The highest BCUT2D eigenvalue weighted by Crippen LogP contribution is 2.24. The van der Waals surface area contributed by atoms with Crippen molar-refractivity contribution in [2.45, 2.75) is 24.7 Å². The van der Waals surface area contributed by atoms with Gasteiger partial charge < -0.3 is 10.1 Å². The molecule has 0 aromatic heterocycles. The van der Waals surface area contributed by atoms with Crippen LogP contribution in [0.2, 0.25) is 0 Å². The lowest BCUT2D eigenvalue weighted by Crippen LogP contribution is -2.47. The topological polar surface area (TPSA) is 125 Å². The maximum atomic E-state index is 12.7. The number of amides is 1. The van der Waals surface area contributed by atoms with Gasteiger partial charge in [0.15, 0.2) is 0 Å². The minimum atomic E-state index is -3.82. The molecule has 12 heteroatoms. The summed E-state index contributed by atoms with van der Waals surface area (Å²) in [5.41, 5.74) is 0.827. The Morgan fingerprint density at radius 3 is 2.24 bits per heavy atom. The molecule has 1 aliphatic heterocycles. The van der Waals surface area contributed by atoms with Gasteiger partial charge >= 0.3 is 0 Å². The largest absolute Gasteiger partial charge is 0.494 e. The minimum Gasteiger partial charge on any atom is -0.494 e. The third-order valence-corrected chi connectivity index (χ3v) is 8.70. The van der Waals surface area contributed by atoms with Crippen molar-refractivity contribution in [2.24, 2.45) is 5.92 Å². The van der Waals surface area contributed by atoms with Gasteiger partial charge in [-0.1, -0.05) is 0 Å². The lowest BCUT2D eigenvalue weighted by atomic mass is 9.99. The van der Waals surface area contributed by atoms with Crippen LogP contribution in [0.4, 0.5) is 11.4 Å². The van der Waals surface area contributed by atoms with E-state index in [2.05, 4.69) is 10.0 Å². The number of piperidine rings is 1. The molecule has 186 valence electrons. The number of benzene rings is 2. The van der Waals surface area contributed by atoms with E-state index in [4.69, 9.17) is 4.74 Å². The Bertz CT molecular complexity index is 1200. The van der Waals surface area contributed by atoms with Crippen LogP contribution in [0.3, 0.4) is 0 Å². The highest BCUT2D eigenvalue weighted by Gasteiger charge is 2.33. The summed E-state index contributed by atoms with van der Waals surface area (Å²) >= 11 is 0. The van der Waals surface area contributed by atoms with Crippen molar-refractivity contribution in [2.75, 3.05) is 43.8 Å². The monoisotopic (exact) mass is 510 g/mol. The zero-order chi connectivity index (χ0) is 24.9. The molecule has 1 saturated heterocycles. The molecule has 0 spiro atoms. The summed E-state index contributed by atoms with van der Waals surface area (Å²) in [4.78, 5) is 12.8. The number of anilines is 2. The van der Waals surface area contributed by atoms with Crippen molar-refractivity contribution >= 4 is 37.5 Å². The Labute approximate surface area is 201 Å². The molecule has 0 radical (unpaired) electrons. The summed E-state index contributed by atoms with van der Waals surface area (Å²) in [5, 5.41) is 2.76. The van der Waals surface area contributed by atoms with Crippen molar-refractivity contribution in [3.8, 4) is 5.75 Å². The van der Waals surface area contributed by atoms with Gasteiger partial charge in [-0.15, -0.1) is 0 Å². The predicted molar refractivity (Wildman–Crippen MR) is 130 cm³/mol. The number of nitrogens with zero attached hydrogens (tertiary/aromatic N) is 2. The fourth-order valence-electron chi connectivity index (χ4n) is 3.56. The molecular formula is C22H30N4O6S2. The quantitative estimate of drug-likeness (QED) is 0.534. The van der Waals surface area contributed by atoms with E-state index in [9.17, 15) is 21.6 Å². The van der Waals surface area contributed by atoms with Crippen molar-refractivity contribution < 1.29 is 26.4 Å². The highest BCUT2D eigenvalue weighted by molar-refractivity contribution is 7.92. The van der Waals surface area contributed by atoms with Crippen LogP contribution in [0.5, 0.6) is 5.75 Å². The molecule has 1 fully saturated rings. The summed E-state index contributed by atoms with van der Waals surface area (Å²) in [6.07, 6.45) is 1.16. The second-order valence-corrected chi connectivity index (χ2v) is 11.9. The molecule has 0 saturated carbocycles. The maximum Gasteiger partial charge on any atom is 0.281 e. The molecule has 1 atom stereocenters. The molecule has 3 rings (SSSR count). The standard InChI is InChI=1S/C22H30N4O6S2/c1-4-32-20-11-7-19(8-12-20)24-33(28,29)21-13-9-18(10-14-21)23-22(27)17-6-5-15-26(16-17)34(30,31)25(2)3/h7-14,17,24H,4-6,15-16H2,1-3H3,(H,23,27)/t17-/m0/s1. The van der Waals surface area contributed by atoms with Crippen LogP contribution in [0.15, 0.2) is 53.4 Å². The molecule has 2 aromatic carbocycles. The lowest BCUT2D eigenvalue weighted by molar-refractivity contribution is -0.120. The van der Waals surface area contributed by atoms with Gasteiger partial charge in [0, 0.05) is 38.6 Å². The average Bonchev–Trinajstić information content (AvgIpc) is 2.80. The summed E-state index contributed by atoms with van der Waals surface area (Å²) < 4.78 is 60.4. The molecule has 10 nitrogen and oxygen atoms in total. The Morgan fingerprint density at radius 1 is 1.03 bits per heavy atom. The second kappa shape index (κ2) is 10.7. The number of hydrogen-bond acceptors (Lipinski definition) is 6. The summed E-state index contributed by atoms with van der Waals surface area (Å²) in [6.45, 7) is 2.85. The minimum absolute atomic E-state index is 0.0419. The molecule has 1 amide bonds. The number of carbonyl (C=O) groups is 1. The molecule has 2 aromatic rings. The van der Waals surface area contributed by atoms with Crippen molar-refractivity contribution in [3.63, 3.8) is 0 Å².